The third-order valence-electron chi connectivity index (χ3n) is 5.57. The molecule has 0 radical (unpaired) electrons. The molecule has 4 nitrogen and oxygen atoms in total. The van der Waals surface area contributed by atoms with Gasteiger partial charge in [0.25, 0.3) is 0 Å². The van der Waals surface area contributed by atoms with Gasteiger partial charge >= 0.3 is 0 Å². The third-order valence-corrected chi connectivity index (χ3v) is 5.57. The molecule has 0 aliphatic carbocycles. The molecule has 0 unspecified atom stereocenters. The van der Waals surface area contributed by atoms with Gasteiger partial charge in [-0.25, -0.2) is 19.9 Å². The molecule has 4 heteroatoms. The van der Waals surface area contributed by atoms with Gasteiger partial charge in [0.1, 0.15) is 0 Å². The zero-order chi connectivity index (χ0) is 21.3. The van der Waals surface area contributed by atoms with E-state index in [0.717, 1.165) is 49.9 Å². The lowest BCUT2D eigenvalue weighted by molar-refractivity contribution is 1.18. The normalized spacial score (nSPS) is 11.1. The van der Waals surface area contributed by atoms with Crippen LogP contribution in [0.15, 0.2) is 109 Å². The minimum atomic E-state index is 0.703. The van der Waals surface area contributed by atoms with Crippen molar-refractivity contribution in [2.24, 2.45) is 0 Å². The second kappa shape index (κ2) is 7.67. The zero-order valence-electron chi connectivity index (χ0n) is 17.2. The van der Waals surface area contributed by atoms with Gasteiger partial charge in [0, 0.05) is 39.9 Å². The average Bonchev–Trinajstić information content (AvgIpc) is 2.89. The van der Waals surface area contributed by atoms with Crippen LogP contribution < -0.4 is 0 Å². The number of hydrogen-bond acceptors (Lipinski definition) is 4. The summed E-state index contributed by atoms with van der Waals surface area (Å²) in [4.78, 5) is 18.8. The summed E-state index contributed by atoms with van der Waals surface area (Å²) < 4.78 is 0. The van der Waals surface area contributed by atoms with Crippen molar-refractivity contribution < 1.29 is 0 Å². The van der Waals surface area contributed by atoms with Crippen LogP contribution in [0, 0.1) is 0 Å². The third kappa shape index (κ3) is 3.28. The molecule has 0 amide bonds. The zero-order valence-corrected chi connectivity index (χ0v) is 17.2. The lowest BCUT2D eigenvalue weighted by Crippen LogP contribution is -1.92. The van der Waals surface area contributed by atoms with Crippen molar-refractivity contribution in [2.45, 2.75) is 0 Å². The Morgan fingerprint density at radius 1 is 0.438 bits per heavy atom. The van der Waals surface area contributed by atoms with Gasteiger partial charge in [-0.1, -0.05) is 72.8 Å². The molecule has 3 heterocycles. The molecule has 3 aromatic carbocycles. The standard InChI is InChI=1S/C28H18N4/c1-2-6-19(7-3-1)24-14-12-20-10-11-21-13-15-25(32-27(21)26(20)31-24)22-8-4-9-23(18-22)28-29-16-5-17-30-28/h1-18H. The molecule has 0 spiro atoms. The monoisotopic (exact) mass is 410 g/mol. The number of hydrogen-bond donors (Lipinski definition) is 0. The lowest BCUT2D eigenvalue weighted by Gasteiger charge is -2.09. The van der Waals surface area contributed by atoms with Gasteiger partial charge in [0.15, 0.2) is 5.82 Å². The Morgan fingerprint density at radius 2 is 1.00 bits per heavy atom. The van der Waals surface area contributed by atoms with Crippen LogP contribution in [0.1, 0.15) is 0 Å². The summed E-state index contributed by atoms with van der Waals surface area (Å²) >= 11 is 0. The number of pyridine rings is 2. The lowest BCUT2D eigenvalue weighted by atomic mass is 10.0. The molecular weight excluding hydrogens is 392 g/mol. The molecule has 0 saturated heterocycles. The van der Waals surface area contributed by atoms with E-state index in [1.54, 1.807) is 12.4 Å². The first-order valence-electron chi connectivity index (χ1n) is 10.5. The quantitative estimate of drug-likeness (QED) is 0.310. The number of nitrogens with zero attached hydrogens (tertiary/aromatic N) is 4. The van der Waals surface area contributed by atoms with Crippen LogP contribution in [0.4, 0.5) is 0 Å². The molecule has 6 aromatic rings. The average molecular weight is 410 g/mol. The van der Waals surface area contributed by atoms with Crippen LogP contribution in [0.5, 0.6) is 0 Å². The summed E-state index contributed by atoms with van der Waals surface area (Å²) in [6.45, 7) is 0. The number of fused-ring (bicyclic) bond motifs is 3. The molecule has 0 N–H and O–H groups in total. The van der Waals surface area contributed by atoms with E-state index in [9.17, 15) is 0 Å². The molecule has 0 saturated carbocycles. The highest BCUT2D eigenvalue weighted by atomic mass is 14.9. The molecule has 0 aliphatic heterocycles. The van der Waals surface area contributed by atoms with Crippen LogP contribution in [-0.2, 0) is 0 Å². The molecular formula is C28H18N4. The fourth-order valence-electron chi connectivity index (χ4n) is 3.96. The topological polar surface area (TPSA) is 51.6 Å². The summed E-state index contributed by atoms with van der Waals surface area (Å²) in [6.07, 6.45) is 3.51. The Labute approximate surface area is 185 Å². The minimum Gasteiger partial charge on any atom is -0.245 e. The second-order valence-corrected chi connectivity index (χ2v) is 7.62. The first-order valence-corrected chi connectivity index (χ1v) is 10.5. The molecule has 150 valence electrons. The Morgan fingerprint density at radius 3 is 1.69 bits per heavy atom. The highest BCUT2D eigenvalue weighted by Gasteiger charge is 2.10. The van der Waals surface area contributed by atoms with E-state index in [2.05, 4.69) is 70.6 Å². The van der Waals surface area contributed by atoms with Gasteiger partial charge in [-0.15, -0.1) is 0 Å². The van der Waals surface area contributed by atoms with E-state index < -0.39 is 0 Å². The summed E-state index contributed by atoms with van der Waals surface area (Å²) in [7, 11) is 0. The number of rotatable bonds is 3. The van der Waals surface area contributed by atoms with Gasteiger partial charge in [0.2, 0.25) is 0 Å². The maximum Gasteiger partial charge on any atom is 0.159 e. The smallest absolute Gasteiger partial charge is 0.159 e. The minimum absolute atomic E-state index is 0.703. The number of aromatic nitrogens is 4. The molecule has 32 heavy (non-hydrogen) atoms. The fourth-order valence-corrected chi connectivity index (χ4v) is 3.96. The Hall–Kier alpha value is -4.44. The molecule has 6 rings (SSSR count). The predicted molar refractivity (Wildman–Crippen MR) is 129 cm³/mol. The van der Waals surface area contributed by atoms with Crippen molar-refractivity contribution in [2.75, 3.05) is 0 Å². The van der Waals surface area contributed by atoms with E-state index in [0.29, 0.717) is 5.82 Å². The van der Waals surface area contributed by atoms with Crippen molar-refractivity contribution in [1.29, 1.82) is 0 Å². The Balaban J connectivity index is 1.51. The fraction of sp³-hybridized carbons (Fsp3) is 0. The predicted octanol–water partition coefficient (Wildman–Crippen LogP) is 6.57. The maximum absolute atomic E-state index is 5.04. The van der Waals surface area contributed by atoms with Crippen molar-refractivity contribution in [3.8, 4) is 33.9 Å². The SMILES string of the molecule is c1ccc(-c2ccc3ccc4ccc(-c5cccc(-c6ncccn6)c5)nc4c3n2)cc1. The largest absolute Gasteiger partial charge is 0.245 e. The van der Waals surface area contributed by atoms with E-state index >= 15 is 0 Å². The van der Waals surface area contributed by atoms with Gasteiger partial charge in [-0.3, -0.25) is 0 Å². The Kier molecular flexibility index (Phi) is 4.40. The molecule has 0 bridgehead atoms. The van der Waals surface area contributed by atoms with Crippen LogP contribution in [0.3, 0.4) is 0 Å². The molecule has 0 fully saturated rings. The van der Waals surface area contributed by atoms with Gasteiger partial charge < -0.3 is 0 Å². The van der Waals surface area contributed by atoms with Gasteiger partial charge in [-0.2, -0.15) is 0 Å². The van der Waals surface area contributed by atoms with Gasteiger partial charge in [-0.05, 0) is 24.3 Å². The summed E-state index contributed by atoms with van der Waals surface area (Å²) in [5.41, 5.74) is 6.74. The highest BCUT2D eigenvalue weighted by molar-refractivity contribution is 6.04. The van der Waals surface area contributed by atoms with Crippen molar-refractivity contribution >= 4 is 21.8 Å². The second-order valence-electron chi connectivity index (χ2n) is 7.62. The molecule has 3 aromatic heterocycles. The first-order chi connectivity index (χ1) is 15.8. The van der Waals surface area contributed by atoms with Crippen molar-refractivity contribution in [3.05, 3.63) is 109 Å². The van der Waals surface area contributed by atoms with E-state index in [4.69, 9.17) is 9.97 Å². The van der Waals surface area contributed by atoms with Crippen LogP contribution >= 0.6 is 0 Å². The van der Waals surface area contributed by atoms with Gasteiger partial charge in [0.05, 0.1) is 22.4 Å². The van der Waals surface area contributed by atoms with Crippen LogP contribution in [-0.4, -0.2) is 19.9 Å². The highest BCUT2D eigenvalue weighted by Crippen LogP contribution is 2.29. The van der Waals surface area contributed by atoms with Crippen molar-refractivity contribution in [3.63, 3.8) is 0 Å². The van der Waals surface area contributed by atoms with Crippen molar-refractivity contribution in [1.82, 2.24) is 19.9 Å². The number of benzene rings is 3. The summed E-state index contributed by atoms with van der Waals surface area (Å²) in [6, 6.07) is 32.8. The summed E-state index contributed by atoms with van der Waals surface area (Å²) in [5.74, 6) is 0.703. The van der Waals surface area contributed by atoms with E-state index in [1.807, 2.05) is 36.4 Å². The Bertz CT molecular complexity index is 1560. The molecule has 0 aliphatic rings. The van der Waals surface area contributed by atoms with Crippen LogP contribution in [0.25, 0.3) is 55.7 Å². The maximum atomic E-state index is 5.04. The molecule has 0 atom stereocenters. The van der Waals surface area contributed by atoms with Crippen LogP contribution in [0.2, 0.25) is 0 Å². The van der Waals surface area contributed by atoms with E-state index in [-0.39, 0.29) is 0 Å². The summed E-state index contributed by atoms with van der Waals surface area (Å²) in [5, 5.41) is 2.15. The van der Waals surface area contributed by atoms with E-state index in [1.165, 1.54) is 0 Å². The first kappa shape index (κ1) is 18.3.